The molecule has 0 aliphatic carbocycles. The van der Waals surface area contributed by atoms with Gasteiger partial charge in [0.1, 0.15) is 23.8 Å². The number of aromatic nitrogens is 2. The maximum Gasteiger partial charge on any atom is 0.433 e. The zero-order valence-corrected chi connectivity index (χ0v) is 20.8. The van der Waals surface area contributed by atoms with Crippen molar-refractivity contribution in [3.8, 4) is 33.9 Å². The molecule has 212 valence electrons. The summed E-state index contributed by atoms with van der Waals surface area (Å²) in [4.78, 5) is 0. The lowest BCUT2D eigenvalue weighted by molar-refractivity contribution is -0.143. The molecule has 14 heteroatoms. The molecule has 4 aromatic rings. The Balaban J connectivity index is 1.86. The van der Waals surface area contributed by atoms with Crippen LogP contribution in [0.2, 0.25) is 5.02 Å². The van der Waals surface area contributed by atoms with Crippen molar-refractivity contribution in [3.63, 3.8) is 0 Å². The van der Waals surface area contributed by atoms with Crippen LogP contribution in [-0.4, -0.2) is 14.9 Å². The molecule has 0 radical (unpaired) electrons. The summed E-state index contributed by atoms with van der Waals surface area (Å²) < 4.78 is 129. The Morgan fingerprint density at radius 3 is 1.88 bits per heavy atom. The summed E-state index contributed by atoms with van der Waals surface area (Å²) in [5, 5.41) is 14.8. The van der Waals surface area contributed by atoms with E-state index < -0.39 is 57.9 Å². The molecule has 0 saturated carbocycles. The minimum Gasteiger partial charge on any atom is -0.507 e. The summed E-state index contributed by atoms with van der Waals surface area (Å²) in [6.45, 7) is 0.0213. The molecule has 1 aromatic heterocycles. The summed E-state index contributed by atoms with van der Waals surface area (Å²) in [5.41, 5.74) is -7.73. The molecule has 0 atom stereocenters. The first-order valence-corrected chi connectivity index (χ1v) is 11.5. The van der Waals surface area contributed by atoms with Crippen LogP contribution >= 0.6 is 11.6 Å². The van der Waals surface area contributed by atoms with E-state index in [0.29, 0.717) is 10.6 Å². The number of aromatic hydroxyl groups is 1. The van der Waals surface area contributed by atoms with Crippen LogP contribution in [0.15, 0.2) is 60.7 Å². The second-order valence-corrected chi connectivity index (χ2v) is 9.02. The van der Waals surface area contributed by atoms with Gasteiger partial charge in [-0.3, -0.25) is 4.68 Å². The van der Waals surface area contributed by atoms with Gasteiger partial charge >= 0.3 is 18.5 Å². The number of benzene rings is 3. The van der Waals surface area contributed by atoms with Crippen molar-refractivity contribution in [2.45, 2.75) is 25.1 Å². The lowest BCUT2D eigenvalue weighted by Crippen LogP contribution is -2.14. The average Bonchev–Trinajstić information content (AvgIpc) is 3.19. The Bertz CT molecular complexity index is 1510. The van der Waals surface area contributed by atoms with Gasteiger partial charge in [-0.2, -0.15) is 44.6 Å². The molecule has 0 spiro atoms. The largest absolute Gasteiger partial charge is 0.507 e. The molecule has 0 amide bonds. The Kier molecular flexibility index (Phi) is 7.48. The number of ether oxygens (including phenoxy) is 1. The molecular weight excluding hydrogens is 579 g/mol. The second kappa shape index (κ2) is 10.3. The van der Waals surface area contributed by atoms with Crippen LogP contribution in [0.4, 0.5) is 39.5 Å². The molecule has 0 unspecified atom stereocenters. The van der Waals surface area contributed by atoms with Crippen LogP contribution in [0.3, 0.4) is 0 Å². The van der Waals surface area contributed by atoms with E-state index in [4.69, 9.17) is 16.3 Å². The van der Waals surface area contributed by atoms with E-state index in [1.165, 1.54) is 6.07 Å². The van der Waals surface area contributed by atoms with Crippen molar-refractivity contribution in [1.29, 1.82) is 0 Å². The molecule has 40 heavy (non-hydrogen) atoms. The molecule has 1 heterocycles. The molecule has 1 N–H and O–H groups in total. The van der Waals surface area contributed by atoms with Gasteiger partial charge in [-0.25, -0.2) is 0 Å². The lowest BCUT2D eigenvalue weighted by atomic mass is 9.94. The first-order valence-electron chi connectivity index (χ1n) is 11.1. The molecule has 0 aliphatic rings. The molecule has 4 nitrogen and oxygen atoms in total. The van der Waals surface area contributed by atoms with Crippen LogP contribution in [0, 0.1) is 0 Å². The summed E-state index contributed by atoms with van der Waals surface area (Å²) in [6.07, 6.45) is -15.8. The summed E-state index contributed by atoms with van der Waals surface area (Å²) in [7, 11) is 0.828. The number of rotatable bonds is 5. The average molecular weight is 595 g/mol. The number of halogens is 10. The van der Waals surface area contributed by atoms with Crippen molar-refractivity contribution < 1.29 is 49.4 Å². The predicted molar refractivity (Wildman–Crippen MR) is 127 cm³/mol. The van der Waals surface area contributed by atoms with E-state index in [1.54, 1.807) is 24.3 Å². The zero-order valence-electron chi connectivity index (χ0n) is 20.0. The van der Waals surface area contributed by atoms with Crippen molar-refractivity contribution in [3.05, 3.63) is 88.1 Å². The van der Waals surface area contributed by atoms with E-state index >= 15 is 0 Å². The molecule has 0 fully saturated rings. The Hall–Kier alpha value is -3.87. The quantitative estimate of drug-likeness (QED) is 0.235. The maximum atomic E-state index is 14.0. The number of phenolic OH excluding ortho intramolecular Hbond substituents is 1. The van der Waals surface area contributed by atoms with Gasteiger partial charge in [0.25, 0.3) is 0 Å². The number of aryl methyl sites for hydroxylation is 1. The molecule has 0 aliphatic heterocycles. The number of phenols is 1. The standard InChI is InChI=1S/C26H16ClF9N2O2/c1-38-23(26(34,35)36)21(14-8-15(24(28,29)30)10-16(9-14)25(31,32)33)22(37-38)19-7-6-18(11-20(19)39)40-12-13-2-4-17(27)5-3-13/h2-11,39H,12H2,1H3. The topological polar surface area (TPSA) is 47.3 Å². The smallest absolute Gasteiger partial charge is 0.433 e. The third-order valence-electron chi connectivity index (χ3n) is 5.74. The van der Waals surface area contributed by atoms with Gasteiger partial charge in [-0.15, -0.1) is 0 Å². The number of alkyl halides is 9. The summed E-state index contributed by atoms with van der Waals surface area (Å²) in [5.74, 6) is -0.604. The fourth-order valence-electron chi connectivity index (χ4n) is 3.96. The normalized spacial score (nSPS) is 12.6. The third kappa shape index (κ3) is 6.14. The summed E-state index contributed by atoms with van der Waals surface area (Å²) in [6, 6.07) is 10.1. The van der Waals surface area contributed by atoms with E-state index in [0.717, 1.165) is 19.2 Å². The third-order valence-corrected chi connectivity index (χ3v) is 5.99. The van der Waals surface area contributed by atoms with E-state index in [9.17, 15) is 44.6 Å². The number of nitrogens with zero attached hydrogens (tertiary/aromatic N) is 2. The minimum atomic E-state index is -5.30. The highest BCUT2D eigenvalue weighted by atomic mass is 35.5. The van der Waals surface area contributed by atoms with Crippen LogP contribution in [-0.2, 0) is 32.2 Å². The maximum absolute atomic E-state index is 14.0. The molecule has 3 aromatic carbocycles. The highest BCUT2D eigenvalue weighted by molar-refractivity contribution is 6.30. The Labute approximate surface area is 225 Å². The van der Waals surface area contributed by atoms with Crippen molar-refractivity contribution in [2.24, 2.45) is 7.05 Å². The highest BCUT2D eigenvalue weighted by Crippen LogP contribution is 2.47. The fraction of sp³-hybridized carbons (Fsp3) is 0.192. The highest BCUT2D eigenvalue weighted by Gasteiger charge is 2.42. The first-order chi connectivity index (χ1) is 18.4. The monoisotopic (exact) mass is 594 g/mol. The van der Waals surface area contributed by atoms with Gasteiger partial charge in [-0.1, -0.05) is 23.7 Å². The van der Waals surface area contributed by atoms with Crippen molar-refractivity contribution in [1.82, 2.24) is 9.78 Å². The minimum absolute atomic E-state index is 0.0213. The molecule has 0 saturated heterocycles. The Morgan fingerprint density at radius 2 is 1.38 bits per heavy atom. The zero-order chi connectivity index (χ0) is 29.6. The second-order valence-electron chi connectivity index (χ2n) is 8.58. The van der Waals surface area contributed by atoms with Crippen molar-refractivity contribution >= 4 is 11.6 Å². The number of hydrogen-bond donors (Lipinski definition) is 1. The molecule has 4 rings (SSSR count). The van der Waals surface area contributed by atoms with Gasteiger partial charge in [0.15, 0.2) is 5.69 Å². The molecular formula is C26H16ClF9N2O2. The van der Waals surface area contributed by atoms with Gasteiger partial charge in [-0.05, 0) is 53.6 Å². The molecule has 0 bridgehead atoms. The van der Waals surface area contributed by atoms with Gasteiger partial charge in [0.05, 0.1) is 11.1 Å². The van der Waals surface area contributed by atoms with Crippen LogP contribution in [0.25, 0.3) is 22.4 Å². The van der Waals surface area contributed by atoms with Gasteiger partial charge in [0.2, 0.25) is 0 Å². The fourth-order valence-corrected chi connectivity index (χ4v) is 4.09. The van der Waals surface area contributed by atoms with Crippen LogP contribution in [0.5, 0.6) is 11.5 Å². The van der Waals surface area contributed by atoms with Crippen LogP contribution < -0.4 is 4.74 Å². The van der Waals surface area contributed by atoms with E-state index in [2.05, 4.69) is 5.10 Å². The first kappa shape index (κ1) is 29.1. The van der Waals surface area contributed by atoms with E-state index in [1.807, 2.05) is 0 Å². The Morgan fingerprint density at radius 1 is 0.800 bits per heavy atom. The van der Waals surface area contributed by atoms with Crippen molar-refractivity contribution in [2.75, 3.05) is 0 Å². The van der Waals surface area contributed by atoms with Crippen LogP contribution in [0.1, 0.15) is 22.4 Å². The SMILES string of the molecule is Cn1nc(-c2ccc(OCc3ccc(Cl)cc3)cc2O)c(-c2cc(C(F)(F)F)cc(C(F)(F)F)c2)c1C(F)(F)F. The van der Waals surface area contributed by atoms with Gasteiger partial charge in [0, 0.05) is 29.3 Å². The predicted octanol–water partition coefficient (Wildman–Crippen LogP) is 8.75. The lowest BCUT2D eigenvalue weighted by Gasteiger charge is -2.16. The van der Waals surface area contributed by atoms with E-state index in [-0.39, 0.29) is 40.8 Å². The summed E-state index contributed by atoms with van der Waals surface area (Å²) >= 11 is 5.82. The van der Waals surface area contributed by atoms with Gasteiger partial charge < -0.3 is 9.84 Å². The number of hydrogen-bond acceptors (Lipinski definition) is 3.